The van der Waals surface area contributed by atoms with E-state index < -0.39 is 0 Å². The fourth-order valence-corrected chi connectivity index (χ4v) is 6.94. The summed E-state index contributed by atoms with van der Waals surface area (Å²) in [6.07, 6.45) is 12.1. The van der Waals surface area contributed by atoms with Gasteiger partial charge in [0.2, 0.25) is 0 Å². The van der Waals surface area contributed by atoms with Gasteiger partial charge < -0.3 is 9.47 Å². The van der Waals surface area contributed by atoms with E-state index in [1.807, 2.05) is 0 Å². The molecule has 0 saturated heterocycles. The Morgan fingerprint density at radius 3 is 2.20 bits per heavy atom. The number of hydrogen-bond donors (Lipinski definition) is 0. The van der Waals surface area contributed by atoms with Crippen LogP contribution >= 0.6 is 0 Å². The van der Waals surface area contributed by atoms with Crippen LogP contribution < -0.4 is 4.90 Å². The molecular weight excluding hydrogens is 496 g/mol. The van der Waals surface area contributed by atoms with Crippen molar-refractivity contribution in [1.29, 1.82) is 0 Å². The Hall–Kier alpha value is -4.82. The molecule has 2 nitrogen and oxygen atoms in total. The van der Waals surface area contributed by atoms with Gasteiger partial charge in [-0.05, 0) is 93.4 Å². The van der Waals surface area contributed by atoms with Crippen molar-refractivity contribution in [3.63, 3.8) is 0 Å². The lowest BCUT2D eigenvalue weighted by atomic mass is 9.82. The third-order valence-electron chi connectivity index (χ3n) is 9.10. The summed E-state index contributed by atoms with van der Waals surface area (Å²) in [5.74, 6) is 0. The number of benzene rings is 5. The van der Waals surface area contributed by atoms with Gasteiger partial charge in [-0.1, -0.05) is 98.8 Å². The fraction of sp³-hybridized carbons (Fsp3) is 0.128. The van der Waals surface area contributed by atoms with Crippen molar-refractivity contribution in [2.75, 3.05) is 4.90 Å². The Bertz CT molecular complexity index is 2020. The Labute approximate surface area is 241 Å². The number of hydrogen-bond acceptors (Lipinski definition) is 1. The van der Waals surface area contributed by atoms with E-state index >= 15 is 0 Å². The van der Waals surface area contributed by atoms with Crippen molar-refractivity contribution in [1.82, 2.24) is 4.57 Å². The third kappa shape index (κ3) is 3.78. The molecule has 198 valence electrons. The first-order valence-electron chi connectivity index (χ1n) is 14.6. The van der Waals surface area contributed by atoms with E-state index in [4.69, 9.17) is 0 Å². The number of allylic oxidation sites excluding steroid dienone is 2. The molecule has 2 heteroatoms. The van der Waals surface area contributed by atoms with E-state index in [9.17, 15) is 0 Å². The molecular formula is C39H32N2. The largest absolute Gasteiger partial charge is 0.334 e. The Morgan fingerprint density at radius 1 is 0.659 bits per heavy atom. The van der Waals surface area contributed by atoms with Crippen LogP contribution in [0.5, 0.6) is 0 Å². The van der Waals surface area contributed by atoms with Gasteiger partial charge in [0.15, 0.2) is 0 Å². The van der Waals surface area contributed by atoms with E-state index in [-0.39, 0.29) is 11.5 Å². The quantitative estimate of drug-likeness (QED) is 0.221. The van der Waals surface area contributed by atoms with Gasteiger partial charge in [-0.15, -0.1) is 0 Å². The molecule has 0 aliphatic heterocycles. The molecule has 0 spiro atoms. The maximum atomic E-state index is 2.52. The molecule has 0 amide bonds. The van der Waals surface area contributed by atoms with Crippen LogP contribution in [0.4, 0.5) is 11.4 Å². The maximum Gasteiger partial charge on any atom is 0.0559 e. The van der Waals surface area contributed by atoms with E-state index in [1.54, 1.807) is 0 Å². The third-order valence-corrected chi connectivity index (χ3v) is 9.10. The molecule has 1 atom stereocenters. The number of fused-ring (bicyclic) bond motifs is 5. The summed E-state index contributed by atoms with van der Waals surface area (Å²) in [5, 5.41) is 3.80. The summed E-state index contributed by atoms with van der Waals surface area (Å²) in [6, 6.07) is 40.7. The monoisotopic (exact) mass is 528 g/mol. The topological polar surface area (TPSA) is 8.17 Å². The van der Waals surface area contributed by atoms with Crippen molar-refractivity contribution in [2.45, 2.75) is 31.7 Å². The number of nitrogens with zero attached hydrogens (tertiary/aromatic N) is 2. The minimum absolute atomic E-state index is 0.114. The number of aromatic nitrogens is 1. The molecule has 0 fully saturated rings. The van der Waals surface area contributed by atoms with Gasteiger partial charge in [0.25, 0.3) is 0 Å². The zero-order valence-corrected chi connectivity index (χ0v) is 23.5. The predicted molar refractivity (Wildman–Crippen MR) is 174 cm³/mol. The summed E-state index contributed by atoms with van der Waals surface area (Å²) < 4.78 is 2.31. The maximum absolute atomic E-state index is 2.52. The first kappa shape index (κ1) is 24.0. The molecule has 8 rings (SSSR count). The number of rotatable bonds is 4. The zero-order chi connectivity index (χ0) is 27.6. The predicted octanol–water partition coefficient (Wildman–Crippen LogP) is 10.1. The molecule has 6 aromatic rings. The van der Waals surface area contributed by atoms with Crippen LogP contribution in [-0.2, 0) is 5.41 Å². The van der Waals surface area contributed by atoms with Crippen LogP contribution in [0.1, 0.15) is 31.4 Å². The van der Waals surface area contributed by atoms with E-state index in [1.165, 1.54) is 61.0 Å². The molecule has 0 N–H and O–H groups in total. The van der Waals surface area contributed by atoms with Crippen LogP contribution in [-0.4, -0.2) is 10.6 Å². The van der Waals surface area contributed by atoms with Gasteiger partial charge in [-0.25, -0.2) is 0 Å². The van der Waals surface area contributed by atoms with Crippen molar-refractivity contribution < 1.29 is 0 Å². The second-order valence-electron chi connectivity index (χ2n) is 11.8. The van der Waals surface area contributed by atoms with Gasteiger partial charge in [-0.3, -0.25) is 0 Å². The second-order valence-corrected chi connectivity index (χ2v) is 11.8. The van der Waals surface area contributed by atoms with Crippen LogP contribution in [0.3, 0.4) is 0 Å². The van der Waals surface area contributed by atoms with Crippen LogP contribution in [0.2, 0.25) is 0 Å². The lowest BCUT2D eigenvalue weighted by Crippen LogP contribution is -2.30. The molecule has 1 heterocycles. The average molecular weight is 529 g/mol. The Balaban J connectivity index is 1.24. The van der Waals surface area contributed by atoms with Crippen LogP contribution in [0.15, 0.2) is 140 Å². The second kappa shape index (κ2) is 9.11. The van der Waals surface area contributed by atoms with E-state index in [0.29, 0.717) is 0 Å². The first-order chi connectivity index (χ1) is 20.1. The molecule has 5 aromatic carbocycles. The summed E-state index contributed by atoms with van der Waals surface area (Å²) >= 11 is 0. The summed E-state index contributed by atoms with van der Waals surface area (Å²) in [5.41, 5.74) is 10.3. The minimum Gasteiger partial charge on any atom is -0.334 e. The van der Waals surface area contributed by atoms with Gasteiger partial charge in [0, 0.05) is 28.7 Å². The molecule has 41 heavy (non-hydrogen) atoms. The standard InChI is InChI=1S/C39H32N2/c1-39(2)36-25-31(40-23-22-28-11-8-9-15-38(28)40)18-20-34(36)35-21-19-33(26-37(35)39)41(30-13-4-3-5-14-30)32-17-16-27-10-6-7-12-29(27)24-32/h3-13,15-26,30H,14H2,1-2H3. The highest BCUT2D eigenvalue weighted by Gasteiger charge is 2.36. The molecule has 2 aliphatic carbocycles. The Kier molecular flexibility index (Phi) is 5.33. The van der Waals surface area contributed by atoms with Crippen LogP contribution in [0, 0.1) is 0 Å². The molecule has 0 bridgehead atoms. The number of anilines is 2. The van der Waals surface area contributed by atoms with E-state index in [0.717, 1.165) is 6.42 Å². The number of para-hydroxylation sites is 1. The molecule has 1 unspecified atom stereocenters. The normalized spacial score (nSPS) is 16.7. The van der Waals surface area contributed by atoms with Crippen molar-refractivity contribution >= 4 is 33.1 Å². The molecule has 2 aliphatic rings. The van der Waals surface area contributed by atoms with Gasteiger partial charge in [0.05, 0.1) is 11.6 Å². The highest BCUT2D eigenvalue weighted by Crippen LogP contribution is 2.51. The van der Waals surface area contributed by atoms with Crippen molar-refractivity contribution in [3.8, 4) is 16.8 Å². The van der Waals surface area contributed by atoms with Gasteiger partial charge in [0.1, 0.15) is 0 Å². The van der Waals surface area contributed by atoms with Gasteiger partial charge >= 0.3 is 0 Å². The summed E-state index contributed by atoms with van der Waals surface area (Å²) in [7, 11) is 0. The zero-order valence-electron chi connectivity index (χ0n) is 23.5. The highest BCUT2D eigenvalue weighted by atomic mass is 15.2. The first-order valence-corrected chi connectivity index (χ1v) is 14.6. The average Bonchev–Trinajstić information content (AvgIpc) is 3.54. The van der Waals surface area contributed by atoms with Crippen LogP contribution in [0.25, 0.3) is 38.5 Å². The Morgan fingerprint density at radius 2 is 1.37 bits per heavy atom. The van der Waals surface area contributed by atoms with Crippen molar-refractivity contribution in [2.24, 2.45) is 0 Å². The summed E-state index contributed by atoms with van der Waals surface area (Å²) in [6.45, 7) is 4.76. The van der Waals surface area contributed by atoms with Crippen molar-refractivity contribution in [3.05, 3.63) is 151 Å². The molecule has 0 radical (unpaired) electrons. The summed E-state index contributed by atoms with van der Waals surface area (Å²) in [4.78, 5) is 2.52. The lowest BCUT2D eigenvalue weighted by molar-refractivity contribution is 0.659. The highest BCUT2D eigenvalue weighted by molar-refractivity contribution is 5.89. The SMILES string of the molecule is CC1(C)c2cc(N(c3ccc4ccccc4c3)C3C=CC=CC3)ccc2-c2ccc(-n3ccc4ccccc43)cc21. The molecule has 1 aromatic heterocycles. The minimum atomic E-state index is -0.114. The smallest absolute Gasteiger partial charge is 0.0559 e. The van der Waals surface area contributed by atoms with Gasteiger partial charge in [-0.2, -0.15) is 0 Å². The molecule has 0 saturated carbocycles. The van der Waals surface area contributed by atoms with E-state index in [2.05, 4.69) is 163 Å². The fourth-order valence-electron chi connectivity index (χ4n) is 6.94. The lowest BCUT2D eigenvalue weighted by Gasteiger charge is -2.34.